The van der Waals surface area contributed by atoms with Gasteiger partial charge in [0, 0.05) is 17.1 Å². The van der Waals surface area contributed by atoms with Gasteiger partial charge in [0.25, 0.3) is 0 Å². The molecule has 1 nitrogen and oxygen atoms in total. The van der Waals surface area contributed by atoms with E-state index in [0.717, 1.165) is 17.1 Å². The second-order valence-electron chi connectivity index (χ2n) is 21.3. The first kappa shape index (κ1) is 42.6. The molecule has 1 heteroatoms. The molecular formula is C68H57N. The van der Waals surface area contributed by atoms with Crippen molar-refractivity contribution in [2.75, 3.05) is 4.90 Å². The first-order valence-corrected chi connectivity index (χ1v) is 24.6. The van der Waals surface area contributed by atoms with Gasteiger partial charge in [-0.3, -0.25) is 0 Å². The van der Waals surface area contributed by atoms with Gasteiger partial charge in [0.2, 0.25) is 0 Å². The summed E-state index contributed by atoms with van der Waals surface area (Å²) < 4.78 is 0. The molecule has 2 atom stereocenters. The number of para-hydroxylation sites is 1. The standard InChI is InChI=1S/C68H57N/c1-65(2,3)48-34-36-51(37-35-48)67(49-20-10-7-11-21-49)61-28-18-16-26-57(61)59-40-38-55(44-63(59)67)69(54-24-14-9-15-25-54)56-39-41-60-58-27-17-19-29-62(58)68(64(60)45-56,50-22-12-8-13-23-50)53-33-31-46-42-52(66(4,5)6)32-30-47(46)43-53/h7-45H,1-6H3. The van der Waals surface area contributed by atoms with Gasteiger partial charge in [0.05, 0.1) is 10.8 Å². The van der Waals surface area contributed by atoms with E-state index < -0.39 is 10.8 Å². The summed E-state index contributed by atoms with van der Waals surface area (Å²) >= 11 is 0. The summed E-state index contributed by atoms with van der Waals surface area (Å²) in [6.07, 6.45) is 0. The second-order valence-corrected chi connectivity index (χ2v) is 21.3. The van der Waals surface area contributed by atoms with E-state index in [-0.39, 0.29) is 10.8 Å². The van der Waals surface area contributed by atoms with Crippen LogP contribution in [0.5, 0.6) is 0 Å². The maximum absolute atomic E-state index is 2.50. The molecule has 2 unspecified atom stereocenters. The van der Waals surface area contributed by atoms with Crippen molar-refractivity contribution >= 4 is 27.8 Å². The van der Waals surface area contributed by atoms with Crippen molar-refractivity contribution in [3.63, 3.8) is 0 Å². The maximum Gasteiger partial charge on any atom is 0.0714 e. The Balaban J connectivity index is 1.11. The summed E-state index contributed by atoms with van der Waals surface area (Å²) in [5.41, 5.74) is 20.3. The van der Waals surface area contributed by atoms with Gasteiger partial charge < -0.3 is 4.90 Å². The number of anilines is 3. The van der Waals surface area contributed by atoms with Crippen LogP contribution in [0.4, 0.5) is 17.1 Å². The van der Waals surface area contributed by atoms with Crippen molar-refractivity contribution in [1.29, 1.82) is 0 Å². The number of fused-ring (bicyclic) bond motifs is 7. The number of benzene rings is 10. The SMILES string of the molecule is CC(C)(C)c1ccc(C2(c3ccccc3)c3ccccc3-c3ccc(N(c4ccccc4)c4ccc5c(c4)C(c4ccccc4)(c4ccc6cc(C(C)(C)C)ccc6c4)c4ccccc4-5)cc32)cc1. The first-order valence-electron chi connectivity index (χ1n) is 24.6. The van der Waals surface area contributed by atoms with Gasteiger partial charge in [0.1, 0.15) is 0 Å². The van der Waals surface area contributed by atoms with Gasteiger partial charge >= 0.3 is 0 Å². The zero-order chi connectivity index (χ0) is 47.1. The Kier molecular flexibility index (Phi) is 9.84. The smallest absolute Gasteiger partial charge is 0.0714 e. The molecule has 10 aromatic carbocycles. The molecule has 334 valence electrons. The Bertz CT molecular complexity index is 3560. The minimum Gasteiger partial charge on any atom is -0.310 e. The topological polar surface area (TPSA) is 3.24 Å². The molecule has 0 saturated carbocycles. The molecule has 0 fully saturated rings. The minimum absolute atomic E-state index is 0.0348. The van der Waals surface area contributed by atoms with Crippen LogP contribution < -0.4 is 4.90 Å². The summed E-state index contributed by atoms with van der Waals surface area (Å²) in [4.78, 5) is 2.48. The number of nitrogens with zero attached hydrogens (tertiary/aromatic N) is 1. The third-order valence-electron chi connectivity index (χ3n) is 15.3. The van der Waals surface area contributed by atoms with Crippen LogP contribution in [0.15, 0.2) is 237 Å². The van der Waals surface area contributed by atoms with E-state index in [1.807, 2.05) is 0 Å². The highest BCUT2D eigenvalue weighted by Crippen LogP contribution is 2.60. The van der Waals surface area contributed by atoms with Crippen LogP contribution in [0.1, 0.15) is 97.2 Å². The van der Waals surface area contributed by atoms with Crippen LogP contribution in [0.2, 0.25) is 0 Å². The molecule has 0 heterocycles. The molecule has 0 bridgehead atoms. The van der Waals surface area contributed by atoms with E-state index in [2.05, 4.69) is 283 Å². The Hall–Kier alpha value is -7.74. The Morgan fingerprint density at radius 2 is 0.667 bits per heavy atom. The molecule has 0 saturated heterocycles. The van der Waals surface area contributed by atoms with E-state index in [9.17, 15) is 0 Å². The average molecular weight is 888 g/mol. The van der Waals surface area contributed by atoms with Crippen LogP contribution in [0, 0.1) is 0 Å². The zero-order valence-corrected chi connectivity index (χ0v) is 40.5. The van der Waals surface area contributed by atoms with Gasteiger partial charge in [-0.05, 0) is 142 Å². The van der Waals surface area contributed by atoms with Crippen molar-refractivity contribution in [3.05, 3.63) is 292 Å². The van der Waals surface area contributed by atoms with E-state index in [1.54, 1.807) is 0 Å². The number of rotatable bonds is 7. The molecule has 69 heavy (non-hydrogen) atoms. The maximum atomic E-state index is 2.50. The lowest BCUT2D eigenvalue weighted by Gasteiger charge is -2.36. The number of hydrogen-bond donors (Lipinski definition) is 0. The van der Waals surface area contributed by atoms with Gasteiger partial charge in [-0.1, -0.05) is 236 Å². The van der Waals surface area contributed by atoms with Crippen LogP contribution in [0.25, 0.3) is 33.0 Å². The van der Waals surface area contributed by atoms with Crippen LogP contribution in [0.3, 0.4) is 0 Å². The molecule has 0 N–H and O–H groups in total. The van der Waals surface area contributed by atoms with Crippen LogP contribution >= 0.6 is 0 Å². The quantitative estimate of drug-likeness (QED) is 0.154. The average Bonchev–Trinajstić information content (AvgIpc) is 3.84. The summed E-state index contributed by atoms with van der Waals surface area (Å²) in [7, 11) is 0. The first-order chi connectivity index (χ1) is 33.5. The van der Waals surface area contributed by atoms with E-state index in [4.69, 9.17) is 0 Å². The van der Waals surface area contributed by atoms with E-state index in [0.29, 0.717) is 0 Å². The van der Waals surface area contributed by atoms with Gasteiger partial charge in [-0.2, -0.15) is 0 Å². The third kappa shape index (κ3) is 6.58. The highest BCUT2D eigenvalue weighted by molar-refractivity contribution is 5.93. The summed E-state index contributed by atoms with van der Waals surface area (Å²) in [5.74, 6) is 0. The molecule has 12 rings (SSSR count). The highest BCUT2D eigenvalue weighted by Gasteiger charge is 2.48. The van der Waals surface area contributed by atoms with Crippen LogP contribution in [-0.4, -0.2) is 0 Å². The molecule has 2 aliphatic carbocycles. The molecule has 0 radical (unpaired) electrons. The fourth-order valence-corrected chi connectivity index (χ4v) is 12.0. The van der Waals surface area contributed by atoms with Gasteiger partial charge in [0.15, 0.2) is 0 Å². The molecule has 10 aromatic rings. The Labute approximate surface area is 408 Å². The fourth-order valence-electron chi connectivity index (χ4n) is 12.0. The molecule has 0 aromatic heterocycles. The largest absolute Gasteiger partial charge is 0.310 e. The molecule has 2 aliphatic rings. The zero-order valence-electron chi connectivity index (χ0n) is 40.5. The van der Waals surface area contributed by atoms with Crippen molar-refractivity contribution in [2.45, 2.75) is 63.2 Å². The summed E-state index contributed by atoms with van der Waals surface area (Å²) in [6.45, 7) is 13.8. The molecule has 0 aliphatic heterocycles. The molecule has 0 spiro atoms. The minimum atomic E-state index is -0.580. The highest BCUT2D eigenvalue weighted by atomic mass is 15.1. The van der Waals surface area contributed by atoms with Crippen molar-refractivity contribution in [2.24, 2.45) is 0 Å². The normalized spacial score (nSPS) is 17.0. The van der Waals surface area contributed by atoms with Crippen molar-refractivity contribution < 1.29 is 0 Å². The Morgan fingerprint density at radius 3 is 1.19 bits per heavy atom. The van der Waals surface area contributed by atoms with E-state index >= 15 is 0 Å². The lowest BCUT2D eigenvalue weighted by Crippen LogP contribution is -2.29. The van der Waals surface area contributed by atoms with E-state index in [1.165, 1.54) is 88.7 Å². The van der Waals surface area contributed by atoms with Gasteiger partial charge in [-0.15, -0.1) is 0 Å². The Morgan fingerprint density at radius 1 is 0.275 bits per heavy atom. The summed E-state index contributed by atoms with van der Waals surface area (Å²) in [5, 5.41) is 2.51. The molecular weight excluding hydrogens is 831 g/mol. The monoisotopic (exact) mass is 887 g/mol. The number of hydrogen-bond acceptors (Lipinski definition) is 1. The molecule has 0 amide bonds. The fraction of sp³-hybridized carbons (Fsp3) is 0.147. The van der Waals surface area contributed by atoms with Crippen molar-refractivity contribution in [3.8, 4) is 22.3 Å². The summed E-state index contributed by atoms with van der Waals surface area (Å²) in [6, 6.07) is 89.6. The lowest BCUT2D eigenvalue weighted by molar-refractivity contribution is 0.589. The third-order valence-corrected chi connectivity index (χ3v) is 15.3. The predicted octanol–water partition coefficient (Wildman–Crippen LogP) is 17.6. The lowest BCUT2D eigenvalue weighted by atomic mass is 9.67. The second kappa shape index (κ2) is 15.9. The van der Waals surface area contributed by atoms with Crippen molar-refractivity contribution in [1.82, 2.24) is 0 Å². The van der Waals surface area contributed by atoms with Crippen LogP contribution in [-0.2, 0) is 21.7 Å². The van der Waals surface area contributed by atoms with Gasteiger partial charge in [-0.25, -0.2) is 0 Å². The predicted molar refractivity (Wildman–Crippen MR) is 291 cm³/mol.